The Bertz CT molecular complexity index is 425. The highest BCUT2D eigenvalue weighted by atomic mass is 15.1. The molecule has 0 fully saturated rings. The van der Waals surface area contributed by atoms with Gasteiger partial charge in [-0.25, -0.2) is 0 Å². The number of nitrogens with two attached hydrogens (primary N) is 1. The Kier molecular flexibility index (Phi) is 4.00. The van der Waals surface area contributed by atoms with Crippen LogP contribution in [0.25, 0.3) is 5.70 Å². The standard InChI is InChI=1S/C15H22N2/c1-6-17(5)14(11-16)12-8-7-9-13(10-12)15(2,3)4/h6-11H,1,16H2,2-5H3/b14-11-. The Morgan fingerprint density at radius 1 is 1.35 bits per heavy atom. The number of rotatable bonds is 3. The molecule has 0 aliphatic carbocycles. The van der Waals surface area contributed by atoms with Crippen LogP contribution < -0.4 is 5.73 Å². The van der Waals surface area contributed by atoms with Crippen LogP contribution in [0.15, 0.2) is 43.2 Å². The van der Waals surface area contributed by atoms with Gasteiger partial charge in [0.2, 0.25) is 0 Å². The summed E-state index contributed by atoms with van der Waals surface area (Å²) in [5.41, 5.74) is 9.21. The molecule has 0 saturated carbocycles. The van der Waals surface area contributed by atoms with Gasteiger partial charge >= 0.3 is 0 Å². The van der Waals surface area contributed by atoms with E-state index in [0.29, 0.717) is 0 Å². The third kappa shape index (κ3) is 3.13. The van der Waals surface area contributed by atoms with E-state index in [0.717, 1.165) is 11.3 Å². The number of hydrogen-bond acceptors (Lipinski definition) is 2. The Labute approximate surface area is 104 Å². The van der Waals surface area contributed by atoms with Crippen molar-refractivity contribution in [3.8, 4) is 0 Å². The zero-order chi connectivity index (χ0) is 13.1. The highest BCUT2D eigenvalue weighted by Gasteiger charge is 2.15. The Morgan fingerprint density at radius 2 is 2.00 bits per heavy atom. The molecule has 2 nitrogen and oxygen atoms in total. The first-order valence-corrected chi connectivity index (χ1v) is 5.78. The average Bonchev–Trinajstić information content (AvgIpc) is 2.29. The minimum Gasteiger partial charge on any atom is -0.403 e. The fourth-order valence-corrected chi connectivity index (χ4v) is 1.66. The van der Waals surface area contributed by atoms with Crippen LogP contribution in [-0.2, 0) is 5.41 Å². The van der Waals surface area contributed by atoms with Gasteiger partial charge in [0.25, 0.3) is 0 Å². The van der Waals surface area contributed by atoms with Gasteiger partial charge in [-0.3, -0.25) is 0 Å². The largest absolute Gasteiger partial charge is 0.403 e. The van der Waals surface area contributed by atoms with Crippen molar-refractivity contribution in [3.63, 3.8) is 0 Å². The topological polar surface area (TPSA) is 29.3 Å². The molecule has 2 heteroatoms. The van der Waals surface area contributed by atoms with Crippen LogP contribution in [0.1, 0.15) is 31.9 Å². The van der Waals surface area contributed by atoms with E-state index in [1.165, 1.54) is 5.56 Å². The van der Waals surface area contributed by atoms with E-state index < -0.39 is 0 Å². The molecule has 0 radical (unpaired) electrons. The third-order valence-electron chi connectivity index (χ3n) is 2.84. The normalized spacial score (nSPS) is 12.4. The van der Waals surface area contributed by atoms with Gasteiger partial charge in [0.05, 0.1) is 5.70 Å². The summed E-state index contributed by atoms with van der Waals surface area (Å²) in [7, 11) is 1.94. The summed E-state index contributed by atoms with van der Waals surface area (Å²) in [6, 6.07) is 8.45. The highest BCUT2D eigenvalue weighted by molar-refractivity contribution is 5.65. The van der Waals surface area contributed by atoms with Crippen molar-refractivity contribution in [2.24, 2.45) is 5.73 Å². The SMILES string of the molecule is C=CN(C)/C(=C\N)c1cccc(C(C)(C)C)c1. The summed E-state index contributed by atoms with van der Waals surface area (Å²) in [4.78, 5) is 1.92. The van der Waals surface area contributed by atoms with Crippen molar-refractivity contribution in [1.29, 1.82) is 0 Å². The molecule has 0 aliphatic heterocycles. The lowest BCUT2D eigenvalue weighted by atomic mass is 9.86. The van der Waals surface area contributed by atoms with Gasteiger partial charge in [0.1, 0.15) is 0 Å². The zero-order valence-corrected chi connectivity index (χ0v) is 11.2. The number of hydrogen-bond donors (Lipinski definition) is 1. The van der Waals surface area contributed by atoms with Gasteiger partial charge in [-0.2, -0.15) is 0 Å². The van der Waals surface area contributed by atoms with E-state index in [-0.39, 0.29) is 5.41 Å². The maximum atomic E-state index is 5.69. The number of benzene rings is 1. The molecule has 2 N–H and O–H groups in total. The molecule has 17 heavy (non-hydrogen) atoms. The Hall–Kier alpha value is -1.70. The van der Waals surface area contributed by atoms with Gasteiger partial charge < -0.3 is 10.6 Å². The van der Waals surface area contributed by atoms with Crippen molar-refractivity contribution in [2.75, 3.05) is 7.05 Å². The molecule has 0 spiro atoms. The molecule has 0 aromatic heterocycles. The summed E-state index contributed by atoms with van der Waals surface area (Å²) < 4.78 is 0. The van der Waals surface area contributed by atoms with Crippen molar-refractivity contribution >= 4 is 5.70 Å². The molecule has 0 aliphatic rings. The lowest BCUT2D eigenvalue weighted by Crippen LogP contribution is -2.14. The van der Waals surface area contributed by atoms with Gasteiger partial charge in [0, 0.05) is 13.2 Å². The summed E-state index contributed by atoms with van der Waals surface area (Å²) in [6.07, 6.45) is 3.37. The Morgan fingerprint density at radius 3 is 2.47 bits per heavy atom. The van der Waals surface area contributed by atoms with Crippen molar-refractivity contribution < 1.29 is 0 Å². The smallest absolute Gasteiger partial charge is 0.0634 e. The van der Waals surface area contributed by atoms with E-state index in [9.17, 15) is 0 Å². The predicted molar refractivity (Wildman–Crippen MR) is 75.3 cm³/mol. The first-order chi connectivity index (χ1) is 7.90. The minimum atomic E-state index is 0.141. The van der Waals surface area contributed by atoms with E-state index in [1.807, 2.05) is 11.9 Å². The fraction of sp³-hybridized carbons (Fsp3) is 0.333. The monoisotopic (exact) mass is 230 g/mol. The summed E-state index contributed by atoms with van der Waals surface area (Å²) in [5, 5.41) is 0. The highest BCUT2D eigenvalue weighted by Crippen LogP contribution is 2.26. The van der Waals surface area contributed by atoms with Crippen LogP contribution in [0.2, 0.25) is 0 Å². The van der Waals surface area contributed by atoms with Gasteiger partial charge in [-0.15, -0.1) is 0 Å². The van der Waals surface area contributed by atoms with Gasteiger partial charge in [0.15, 0.2) is 0 Å². The molecule has 0 heterocycles. The summed E-state index contributed by atoms with van der Waals surface area (Å²) >= 11 is 0. The number of nitrogens with zero attached hydrogens (tertiary/aromatic N) is 1. The van der Waals surface area contributed by atoms with E-state index in [2.05, 4.69) is 51.6 Å². The van der Waals surface area contributed by atoms with Crippen LogP contribution in [0.5, 0.6) is 0 Å². The molecule has 0 unspecified atom stereocenters. The molecule has 0 bridgehead atoms. The minimum absolute atomic E-state index is 0.141. The van der Waals surface area contributed by atoms with Crippen LogP contribution >= 0.6 is 0 Å². The fourth-order valence-electron chi connectivity index (χ4n) is 1.66. The van der Waals surface area contributed by atoms with E-state index >= 15 is 0 Å². The average molecular weight is 230 g/mol. The molecule has 0 amide bonds. The zero-order valence-electron chi connectivity index (χ0n) is 11.2. The first-order valence-electron chi connectivity index (χ1n) is 5.78. The van der Waals surface area contributed by atoms with Crippen LogP contribution in [-0.4, -0.2) is 11.9 Å². The van der Waals surface area contributed by atoms with Crippen LogP contribution in [0.4, 0.5) is 0 Å². The molecule has 0 atom stereocenters. The van der Waals surface area contributed by atoms with Crippen molar-refractivity contribution in [1.82, 2.24) is 4.90 Å². The maximum absolute atomic E-state index is 5.69. The lowest BCUT2D eigenvalue weighted by molar-refractivity contribution is 0.589. The first kappa shape index (κ1) is 13.4. The summed E-state index contributed by atoms with van der Waals surface area (Å²) in [5.74, 6) is 0. The van der Waals surface area contributed by atoms with Gasteiger partial charge in [-0.1, -0.05) is 45.5 Å². The second-order valence-electron chi connectivity index (χ2n) is 5.18. The van der Waals surface area contributed by atoms with Gasteiger partial charge in [-0.05, 0) is 28.8 Å². The van der Waals surface area contributed by atoms with Crippen molar-refractivity contribution in [2.45, 2.75) is 26.2 Å². The molecule has 1 aromatic rings. The van der Waals surface area contributed by atoms with Crippen molar-refractivity contribution in [3.05, 3.63) is 54.4 Å². The third-order valence-corrected chi connectivity index (χ3v) is 2.84. The second-order valence-corrected chi connectivity index (χ2v) is 5.18. The van der Waals surface area contributed by atoms with E-state index in [4.69, 9.17) is 5.73 Å². The van der Waals surface area contributed by atoms with Crippen LogP contribution in [0, 0.1) is 0 Å². The lowest BCUT2D eigenvalue weighted by Gasteiger charge is -2.22. The second kappa shape index (κ2) is 5.09. The molecule has 92 valence electrons. The Balaban J connectivity index is 3.19. The molecular weight excluding hydrogens is 208 g/mol. The maximum Gasteiger partial charge on any atom is 0.0634 e. The quantitative estimate of drug-likeness (QED) is 0.863. The molecule has 1 aromatic carbocycles. The molecule has 0 saturated heterocycles. The molecule has 1 rings (SSSR count). The predicted octanol–water partition coefficient (Wildman–Crippen LogP) is 3.32. The van der Waals surface area contributed by atoms with E-state index in [1.54, 1.807) is 12.4 Å². The van der Waals surface area contributed by atoms with Crippen LogP contribution in [0.3, 0.4) is 0 Å². The summed E-state index contributed by atoms with van der Waals surface area (Å²) in [6.45, 7) is 10.4. The molecular formula is C15H22N2.